The van der Waals surface area contributed by atoms with Gasteiger partial charge in [-0.05, 0) is 35.7 Å². The van der Waals surface area contributed by atoms with E-state index in [9.17, 15) is 14.0 Å². The van der Waals surface area contributed by atoms with Crippen molar-refractivity contribution in [1.29, 1.82) is 0 Å². The molecule has 138 valence electrons. The zero-order valence-corrected chi connectivity index (χ0v) is 15.0. The van der Waals surface area contributed by atoms with Crippen LogP contribution in [0.2, 0.25) is 0 Å². The molecule has 1 fully saturated rings. The molecule has 1 saturated heterocycles. The number of primary amides is 1. The molecule has 1 unspecified atom stereocenters. The average Bonchev–Trinajstić information content (AvgIpc) is 3.16. The quantitative estimate of drug-likeness (QED) is 0.841. The first-order valence-corrected chi connectivity index (χ1v) is 9.28. The Balaban J connectivity index is 1.57. The molecule has 2 aromatic rings. The second kappa shape index (κ2) is 8.18. The molecule has 8 heteroatoms. The summed E-state index contributed by atoms with van der Waals surface area (Å²) in [6.07, 6.45) is 0.181. The van der Waals surface area contributed by atoms with Gasteiger partial charge in [0.1, 0.15) is 5.82 Å². The Morgan fingerprint density at radius 2 is 1.85 bits per heavy atom. The predicted molar refractivity (Wildman–Crippen MR) is 99.6 cm³/mol. The Kier molecular flexibility index (Phi) is 5.72. The molecule has 0 radical (unpaired) electrons. The van der Waals surface area contributed by atoms with Crippen LogP contribution in [0.4, 0.5) is 14.9 Å². The Morgan fingerprint density at radius 3 is 2.42 bits per heavy atom. The minimum Gasteiger partial charge on any atom is -0.368 e. The number of nitrogens with zero attached hydrogens (tertiary/aromatic N) is 2. The number of hydrogen-bond acceptors (Lipinski definition) is 4. The number of nitrogens with two attached hydrogens (primary N) is 1. The lowest BCUT2D eigenvalue weighted by Gasteiger charge is -2.36. The Morgan fingerprint density at radius 1 is 1.15 bits per heavy atom. The second-order valence-electron chi connectivity index (χ2n) is 6.12. The lowest BCUT2D eigenvalue weighted by atomic mass is 10.1. The van der Waals surface area contributed by atoms with Gasteiger partial charge in [-0.25, -0.2) is 9.18 Å². The topological polar surface area (TPSA) is 78.7 Å². The van der Waals surface area contributed by atoms with Crippen molar-refractivity contribution < 1.29 is 14.0 Å². The minimum absolute atomic E-state index is 0.0177. The highest BCUT2D eigenvalue weighted by molar-refractivity contribution is 7.10. The Labute approximate surface area is 155 Å². The van der Waals surface area contributed by atoms with E-state index in [1.54, 1.807) is 17.0 Å². The van der Waals surface area contributed by atoms with E-state index >= 15 is 0 Å². The first kappa shape index (κ1) is 18.2. The summed E-state index contributed by atoms with van der Waals surface area (Å²) in [5, 5.41) is 4.55. The summed E-state index contributed by atoms with van der Waals surface area (Å²) in [6, 6.07) is 9.08. The smallest absolute Gasteiger partial charge is 0.312 e. The number of urea groups is 1. The van der Waals surface area contributed by atoms with Crippen LogP contribution in [-0.2, 0) is 4.79 Å². The van der Waals surface area contributed by atoms with E-state index in [0.717, 1.165) is 10.6 Å². The van der Waals surface area contributed by atoms with Crippen molar-refractivity contribution in [3.63, 3.8) is 0 Å². The highest BCUT2D eigenvalue weighted by Gasteiger charge is 2.25. The van der Waals surface area contributed by atoms with Gasteiger partial charge in [-0.3, -0.25) is 4.79 Å². The van der Waals surface area contributed by atoms with Crippen molar-refractivity contribution >= 4 is 29.0 Å². The molecule has 3 rings (SSSR count). The molecule has 3 N–H and O–H groups in total. The number of nitrogens with one attached hydrogen (secondary N) is 1. The fourth-order valence-corrected chi connectivity index (χ4v) is 3.83. The van der Waals surface area contributed by atoms with E-state index in [4.69, 9.17) is 5.73 Å². The van der Waals surface area contributed by atoms with Gasteiger partial charge in [-0.15, -0.1) is 11.3 Å². The molecule has 1 aromatic carbocycles. The van der Waals surface area contributed by atoms with Crippen molar-refractivity contribution in [3.05, 3.63) is 52.5 Å². The number of carbonyl (C=O) groups excluding carboxylic acids is 2. The van der Waals surface area contributed by atoms with Crippen LogP contribution in [0.3, 0.4) is 0 Å². The van der Waals surface area contributed by atoms with E-state index in [1.807, 2.05) is 17.5 Å². The zero-order chi connectivity index (χ0) is 18.5. The summed E-state index contributed by atoms with van der Waals surface area (Å²) in [6.45, 7) is 2.54. The number of benzene rings is 1. The first-order valence-electron chi connectivity index (χ1n) is 8.40. The molecule has 2 heterocycles. The lowest BCUT2D eigenvalue weighted by Crippen LogP contribution is -2.49. The van der Waals surface area contributed by atoms with Crippen molar-refractivity contribution in [3.8, 4) is 0 Å². The monoisotopic (exact) mass is 376 g/mol. The predicted octanol–water partition coefficient (Wildman–Crippen LogP) is 2.34. The molecule has 1 aliphatic rings. The van der Waals surface area contributed by atoms with E-state index in [-0.39, 0.29) is 18.1 Å². The number of amides is 3. The molecule has 6 nitrogen and oxygen atoms in total. The third kappa shape index (κ3) is 4.51. The number of halogens is 1. The van der Waals surface area contributed by atoms with Crippen LogP contribution in [0.15, 0.2) is 41.8 Å². The summed E-state index contributed by atoms with van der Waals surface area (Å²) in [4.78, 5) is 28.7. The third-order valence-electron chi connectivity index (χ3n) is 4.41. The normalized spacial score (nSPS) is 15.6. The molecular formula is C18H21FN4O2S. The first-order chi connectivity index (χ1) is 12.5. The maximum absolute atomic E-state index is 13.0. The maximum Gasteiger partial charge on any atom is 0.312 e. The van der Waals surface area contributed by atoms with Crippen molar-refractivity contribution in [2.24, 2.45) is 5.73 Å². The van der Waals surface area contributed by atoms with Gasteiger partial charge in [-0.2, -0.15) is 0 Å². The van der Waals surface area contributed by atoms with Gasteiger partial charge in [-0.1, -0.05) is 6.07 Å². The van der Waals surface area contributed by atoms with Crippen LogP contribution < -0.4 is 16.0 Å². The molecule has 0 saturated carbocycles. The van der Waals surface area contributed by atoms with Crippen LogP contribution in [-0.4, -0.2) is 43.0 Å². The largest absolute Gasteiger partial charge is 0.368 e. The van der Waals surface area contributed by atoms with Crippen LogP contribution in [0.25, 0.3) is 0 Å². The molecule has 1 aromatic heterocycles. The SMILES string of the molecule is NC(=O)NC(CC(=O)N1CCN(c2ccc(F)cc2)CC1)c1cccs1. The molecule has 0 spiro atoms. The summed E-state index contributed by atoms with van der Waals surface area (Å²) in [5.74, 6) is -0.278. The highest BCUT2D eigenvalue weighted by Crippen LogP contribution is 2.24. The van der Waals surface area contributed by atoms with E-state index < -0.39 is 12.1 Å². The molecule has 26 heavy (non-hydrogen) atoms. The van der Waals surface area contributed by atoms with Gasteiger partial charge in [0.2, 0.25) is 5.91 Å². The summed E-state index contributed by atoms with van der Waals surface area (Å²) in [5.41, 5.74) is 6.19. The molecule has 1 atom stereocenters. The number of anilines is 1. The summed E-state index contributed by atoms with van der Waals surface area (Å²) < 4.78 is 13.0. The fraction of sp³-hybridized carbons (Fsp3) is 0.333. The summed E-state index contributed by atoms with van der Waals surface area (Å²) >= 11 is 1.48. The molecule has 3 amide bonds. The van der Waals surface area contributed by atoms with E-state index in [0.29, 0.717) is 26.2 Å². The number of thiophene rings is 1. The third-order valence-corrected chi connectivity index (χ3v) is 5.39. The molecular weight excluding hydrogens is 355 g/mol. The van der Waals surface area contributed by atoms with Crippen molar-refractivity contribution in [2.75, 3.05) is 31.1 Å². The van der Waals surface area contributed by atoms with Crippen LogP contribution in [0.1, 0.15) is 17.3 Å². The Bertz CT molecular complexity index is 743. The van der Waals surface area contributed by atoms with Gasteiger partial charge < -0.3 is 20.9 Å². The average molecular weight is 376 g/mol. The highest BCUT2D eigenvalue weighted by atomic mass is 32.1. The number of rotatable bonds is 5. The van der Waals surface area contributed by atoms with Crippen LogP contribution >= 0.6 is 11.3 Å². The number of carbonyl (C=O) groups is 2. The molecule has 0 bridgehead atoms. The van der Waals surface area contributed by atoms with Gasteiger partial charge in [0, 0.05) is 36.7 Å². The second-order valence-corrected chi connectivity index (χ2v) is 7.10. The lowest BCUT2D eigenvalue weighted by molar-refractivity contribution is -0.132. The molecule has 1 aliphatic heterocycles. The van der Waals surface area contributed by atoms with Gasteiger partial charge >= 0.3 is 6.03 Å². The van der Waals surface area contributed by atoms with Crippen molar-refractivity contribution in [1.82, 2.24) is 10.2 Å². The summed E-state index contributed by atoms with van der Waals surface area (Å²) in [7, 11) is 0. The van der Waals surface area contributed by atoms with E-state index in [2.05, 4.69) is 10.2 Å². The standard InChI is InChI=1S/C18H21FN4O2S/c19-13-3-5-14(6-4-13)22-7-9-23(10-8-22)17(24)12-15(21-18(20)25)16-2-1-11-26-16/h1-6,11,15H,7-10,12H2,(H3,20,21,25). The Hall–Kier alpha value is -2.61. The fourth-order valence-electron chi connectivity index (χ4n) is 3.05. The number of hydrogen-bond donors (Lipinski definition) is 2. The van der Waals surface area contributed by atoms with Gasteiger partial charge in [0.15, 0.2) is 0 Å². The minimum atomic E-state index is -0.641. The van der Waals surface area contributed by atoms with Crippen LogP contribution in [0, 0.1) is 5.82 Å². The molecule has 0 aliphatic carbocycles. The maximum atomic E-state index is 13.0. The van der Waals surface area contributed by atoms with Crippen LogP contribution in [0.5, 0.6) is 0 Å². The van der Waals surface area contributed by atoms with E-state index in [1.165, 1.54) is 23.5 Å². The van der Waals surface area contributed by atoms with Gasteiger partial charge in [0.05, 0.1) is 12.5 Å². The zero-order valence-electron chi connectivity index (χ0n) is 14.2. The van der Waals surface area contributed by atoms with Crippen molar-refractivity contribution in [2.45, 2.75) is 12.5 Å². The van der Waals surface area contributed by atoms with Gasteiger partial charge in [0.25, 0.3) is 0 Å². The number of piperazine rings is 1.